The maximum absolute atomic E-state index is 12.0. The Hall–Kier alpha value is -4.77. The van der Waals surface area contributed by atoms with Gasteiger partial charge in [-0.05, 0) is 66.3 Å². The number of carbonyl (C=O) groups excluding carboxylic acids is 2. The summed E-state index contributed by atoms with van der Waals surface area (Å²) >= 11 is 3.47. The van der Waals surface area contributed by atoms with Crippen molar-refractivity contribution in [1.29, 1.82) is 0 Å². The molecule has 0 amide bonds. The lowest BCUT2D eigenvalue weighted by molar-refractivity contribution is -0.119. The Morgan fingerprint density at radius 3 is 1.87 bits per heavy atom. The van der Waals surface area contributed by atoms with Crippen LogP contribution < -0.4 is 15.0 Å². The Morgan fingerprint density at radius 1 is 0.761 bits per heavy atom. The molecule has 3 heterocycles. The van der Waals surface area contributed by atoms with Gasteiger partial charge < -0.3 is 22.9 Å². The minimum Gasteiger partial charge on any atom is -0.484 e. The summed E-state index contributed by atoms with van der Waals surface area (Å²) in [6, 6.07) is 9.86. The minimum atomic E-state index is -0.0114. The van der Waals surface area contributed by atoms with E-state index in [-0.39, 0.29) is 30.3 Å². The van der Waals surface area contributed by atoms with Crippen LogP contribution in [0.1, 0.15) is 52.4 Å². The highest BCUT2D eigenvalue weighted by Gasteiger charge is 2.23. The number of benzene rings is 2. The quantitative estimate of drug-likeness (QED) is 0.201. The average molecular weight is 687 g/mol. The standard InChI is InChI=1S/C21H20N2O4.C14H12BrNO3/c1-13-7-16(11-23(2)21(13)25)15-8-14-3-4-17(24)10-18(14)19(9-15)27-12-20-22-5-6-26-20;15-10-5-9-1-2-11(17)7-12(9)13(6-10)19-8-14-16-3-4-18-14/h5-9,11H,3-4,10,12H2,1-2H3;3-6H,1-2,7-8H2. The summed E-state index contributed by atoms with van der Waals surface area (Å²) < 4.78 is 24.6. The molecule has 0 bridgehead atoms. The normalized spacial score (nSPS) is 13.8. The Morgan fingerprint density at radius 2 is 1.33 bits per heavy atom. The molecule has 0 unspecified atom stereocenters. The largest absolute Gasteiger partial charge is 0.484 e. The number of fused-ring (bicyclic) bond motifs is 2. The molecule has 0 spiro atoms. The van der Waals surface area contributed by atoms with Crippen molar-refractivity contribution < 1.29 is 27.9 Å². The third-order valence-electron chi connectivity index (χ3n) is 8.03. The van der Waals surface area contributed by atoms with E-state index in [1.165, 1.54) is 18.1 Å². The van der Waals surface area contributed by atoms with Gasteiger partial charge >= 0.3 is 0 Å². The third-order valence-corrected chi connectivity index (χ3v) is 8.48. The summed E-state index contributed by atoms with van der Waals surface area (Å²) in [5.74, 6) is 2.88. The summed E-state index contributed by atoms with van der Waals surface area (Å²) in [4.78, 5) is 43.7. The second-order valence-corrected chi connectivity index (χ2v) is 12.3. The van der Waals surface area contributed by atoms with E-state index in [1.54, 1.807) is 24.0 Å². The van der Waals surface area contributed by atoms with Crippen molar-refractivity contribution in [2.75, 3.05) is 0 Å². The number of Topliss-reactive ketones (excluding diaryl/α,β-unsaturated/α-hetero) is 2. The smallest absolute Gasteiger partial charge is 0.253 e. The van der Waals surface area contributed by atoms with E-state index >= 15 is 0 Å². The molecular weight excluding hydrogens is 654 g/mol. The molecule has 2 aliphatic rings. The first-order valence-electron chi connectivity index (χ1n) is 14.9. The number of ether oxygens (including phenoxy) is 2. The van der Waals surface area contributed by atoms with Crippen LogP contribution in [0.4, 0.5) is 0 Å². The van der Waals surface area contributed by atoms with Crippen LogP contribution in [0.15, 0.2) is 79.6 Å². The van der Waals surface area contributed by atoms with Crippen LogP contribution in [0.5, 0.6) is 11.5 Å². The Kier molecular flexibility index (Phi) is 9.30. The molecule has 0 aliphatic heterocycles. The maximum Gasteiger partial charge on any atom is 0.253 e. The molecule has 10 nitrogen and oxygen atoms in total. The monoisotopic (exact) mass is 685 g/mol. The van der Waals surface area contributed by atoms with Crippen LogP contribution in [0.25, 0.3) is 11.1 Å². The lowest BCUT2D eigenvalue weighted by Gasteiger charge is -2.21. The summed E-state index contributed by atoms with van der Waals surface area (Å²) in [7, 11) is 1.75. The number of nitrogens with zero attached hydrogens (tertiary/aromatic N) is 3. The molecule has 0 saturated carbocycles. The van der Waals surface area contributed by atoms with Crippen molar-refractivity contribution in [3.8, 4) is 22.6 Å². The van der Waals surface area contributed by atoms with Crippen molar-refractivity contribution in [2.24, 2.45) is 7.05 Å². The summed E-state index contributed by atoms with van der Waals surface area (Å²) in [6.45, 7) is 2.27. The van der Waals surface area contributed by atoms with Gasteiger partial charge in [0, 0.05) is 60.1 Å². The number of rotatable bonds is 7. The number of hydrogen-bond acceptors (Lipinski definition) is 9. The molecule has 3 aromatic heterocycles. The second-order valence-electron chi connectivity index (χ2n) is 11.3. The average Bonchev–Trinajstić information content (AvgIpc) is 3.77. The Bertz CT molecular complexity index is 1920. The molecule has 46 heavy (non-hydrogen) atoms. The molecule has 5 aromatic rings. The van der Waals surface area contributed by atoms with Gasteiger partial charge in [-0.15, -0.1) is 0 Å². The molecule has 11 heteroatoms. The lowest BCUT2D eigenvalue weighted by atomic mass is 9.87. The first-order chi connectivity index (χ1) is 22.2. The van der Waals surface area contributed by atoms with Crippen LogP contribution in [0.2, 0.25) is 0 Å². The summed E-state index contributed by atoms with van der Waals surface area (Å²) in [5.41, 5.74) is 6.79. The van der Waals surface area contributed by atoms with E-state index in [1.807, 2.05) is 31.3 Å². The van der Waals surface area contributed by atoms with Gasteiger partial charge in [0.1, 0.15) is 35.6 Å². The minimum absolute atomic E-state index is 0.0114. The van der Waals surface area contributed by atoms with Gasteiger partial charge in [-0.3, -0.25) is 14.4 Å². The van der Waals surface area contributed by atoms with Crippen LogP contribution >= 0.6 is 15.9 Å². The van der Waals surface area contributed by atoms with E-state index in [2.05, 4.69) is 38.0 Å². The fraction of sp³-hybridized carbons (Fsp3) is 0.286. The van der Waals surface area contributed by atoms with Crippen molar-refractivity contribution in [3.05, 3.63) is 116 Å². The molecular formula is C35H32BrN3O7. The maximum atomic E-state index is 12.0. The topological polar surface area (TPSA) is 127 Å². The first kappa shape index (κ1) is 31.2. The van der Waals surface area contributed by atoms with Gasteiger partial charge in [-0.1, -0.05) is 22.0 Å². The molecule has 0 radical (unpaired) electrons. The predicted molar refractivity (Wildman–Crippen MR) is 172 cm³/mol. The molecule has 2 aliphatic carbocycles. The summed E-state index contributed by atoms with van der Waals surface area (Å²) in [6.07, 6.45) is 11.4. The van der Waals surface area contributed by atoms with Gasteiger partial charge in [0.25, 0.3) is 5.56 Å². The number of aromatic nitrogens is 3. The SMILES string of the molecule is Cc1cc(-c2cc3c(c(OCc4ncco4)c2)CC(=O)CC3)cn(C)c1=O.O=C1CCc2cc(Br)cc(OCc3ncco3)c2C1. The zero-order valence-corrected chi connectivity index (χ0v) is 27.1. The third kappa shape index (κ3) is 7.20. The highest BCUT2D eigenvalue weighted by Crippen LogP contribution is 2.35. The van der Waals surface area contributed by atoms with E-state index in [0.717, 1.165) is 44.5 Å². The van der Waals surface area contributed by atoms with Crippen LogP contribution in [-0.4, -0.2) is 26.1 Å². The van der Waals surface area contributed by atoms with Gasteiger partial charge in [-0.2, -0.15) is 0 Å². The van der Waals surface area contributed by atoms with Crippen LogP contribution in [0.3, 0.4) is 0 Å². The van der Waals surface area contributed by atoms with E-state index in [0.29, 0.717) is 55.2 Å². The number of halogens is 1. The fourth-order valence-corrected chi connectivity index (χ4v) is 6.21. The van der Waals surface area contributed by atoms with Gasteiger partial charge in [0.2, 0.25) is 11.8 Å². The van der Waals surface area contributed by atoms with Crippen LogP contribution in [-0.2, 0) is 55.5 Å². The molecule has 2 aromatic carbocycles. The number of pyridine rings is 1. The van der Waals surface area contributed by atoms with Crippen molar-refractivity contribution in [2.45, 2.75) is 58.7 Å². The number of oxazole rings is 2. The number of aryl methyl sites for hydroxylation is 4. The molecule has 0 atom stereocenters. The van der Waals surface area contributed by atoms with E-state index in [9.17, 15) is 14.4 Å². The Labute approximate surface area is 273 Å². The molecule has 0 saturated heterocycles. The fourth-order valence-electron chi connectivity index (χ4n) is 5.72. The second kappa shape index (κ2) is 13.7. The van der Waals surface area contributed by atoms with Crippen molar-refractivity contribution in [3.63, 3.8) is 0 Å². The van der Waals surface area contributed by atoms with E-state index < -0.39 is 0 Å². The summed E-state index contributed by atoms with van der Waals surface area (Å²) in [5, 5.41) is 0. The van der Waals surface area contributed by atoms with Crippen LogP contribution in [0, 0.1) is 6.92 Å². The zero-order valence-electron chi connectivity index (χ0n) is 25.5. The van der Waals surface area contributed by atoms with Crippen molar-refractivity contribution >= 4 is 27.5 Å². The van der Waals surface area contributed by atoms with Gasteiger partial charge in [-0.25, -0.2) is 9.97 Å². The molecule has 7 rings (SSSR count). The van der Waals surface area contributed by atoms with Gasteiger partial charge in [0.15, 0.2) is 13.2 Å². The molecule has 0 N–H and O–H groups in total. The number of ketones is 2. The number of hydrogen-bond donors (Lipinski definition) is 0. The predicted octanol–water partition coefficient (Wildman–Crippen LogP) is 6.06. The zero-order chi connectivity index (χ0) is 32.2. The first-order valence-corrected chi connectivity index (χ1v) is 15.7. The van der Waals surface area contributed by atoms with E-state index in [4.69, 9.17) is 18.3 Å². The van der Waals surface area contributed by atoms with Gasteiger partial charge in [0.05, 0.1) is 12.4 Å². The lowest BCUT2D eigenvalue weighted by Crippen LogP contribution is -2.18. The number of carbonyl (C=O) groups is 2. The highest BCUT2D eigenvalue weighted by molar-refractivity contribution is 9.10. The van der Waals surface area contributed by atoms with Crippen molar-refractivity contribution in [1.82, 2.24) is 14.5 Å². The molecule has 236 valence electrons. The Balaban J connectivity index is 0.000000172. The molecule has 0 fully saturated rings. The highest BCUT2D eigenvalue weighted by atomic mass is 79.9.